The van der Waals surface area contributed by atoms with Crippen molar-refractivity contribution in [1.82, 2.24) is 0 Å². The molecule has 28 heavy (non-hydrogen) atoms. The van der Waals surface area contributed by atoms with Crippen molar-refractivity contribution in [3.63, 3.8) is 0 Å². The van der Waals surface area contributed by atoms with E-state index in [-0.39, 0.29) is 0 Å². The van der Waals surface area contributed by atoms with E-state index in [4.69, 9.17) is 34.0 Å². The van der Waals surface area contributed by atoms with Gasteiger partial charge in [0.15, 0.2) is 11.5 Å². The Kier molecular flexibility index (Phi) is 9.10. The maximum atomic E-state index is 9.10. The molecule has 0 radical (unpaired) electrons. The van der Waals surface area contributed by atoms with Crippen LogP contribution in [0.25, 0.3) is 0 Å². The van der Waals surface area contributed by atoms with Gasteiger partial charge >= 0.3 is 11.9 Å². The van der Waals surface area contributed by atoms with Crippen LogP contribution in [0.15, 0.2) is 34.8 Å². The minimum absolute atomic E-state index is 0.602. The molecule has 0 heterocycles. The summed E-state index contributed by atoms with van der Waals surface area (Å²) in [7, 11) is 4.83. The number of anilines is 1. The molecule has 2 aromatic carbocycles. The summed E-state index contributed by atoms with van der Waals surface area (Å²) in [5.74, 6) is -1.74. The first-order chi connectivity index (χ1) is 13.2. The quantitative estimate of drug-likeness (QED) is 0.566. The number of carbonyl (C=O) groups is 2. The summed E-state index contributed by atoms with van der Waals surface area (Å²) in [6.07, 6.45) is 0. The lowest BCUT2D eigenvalue weighted by molar-refractivity contribution is -0.159. The van der Waals surface area contributed by atoms with Crippen molar-refractivity contribution in [3.05, 3.63) is 45.9 Å². The molecule has 0 aromatic heterocycles. The molecular formula is C19H22BrNO7. The molecule has 0 atom stereocenters. The molecule has 9 heteroatoms. The molecule has 8 nitrogen and oxygen atoms in total. The lowest BCUT2D eigenvalue weighted by atomic mass is 10.1. The van der Waals surface area contributed by atoms with E-state index in [0.29, 0.717) is 23.8 Å². The van der Waals surface area contributed by atoms with E-state index in [0.717, 1.165) is 15.7 Å². The topological polar surface area (TPSA) is 114 Å². The lowest BCUT2D eigenvalue weighted by Gasteiger charge is -2.15. The van der Waals surface area contributed by atoms with Crippen LogP contribution in [0.1, 0.15) is 11.1 Å². The fraction of sp³-hybridized carbons (Fsp3) is 0.263. The molecule has 0 bridgehead atoms. The summed E-state index contributed by atoms with van der Waals surface area (Å²) >= 11 is 3.57. The van der Waals surface area contributed by atoms with Gasteiger partial charge in [-0.15, -0.1) is 0 Å². The van der Waals surface area contributed by atoms with Crippen molar-refractivity contribution < 1.29 is 34.0 Å². The number of hydrogen-bond acceptors (Lipinski definition) is 6. The van der Waals surface area contributed by atoms with E-state index in [1.165, 1.54) is 5.56 Å². The minimum Gasteiger partial charge on any atom is -0.493 e. The van der Waals surface area contributed by atoms with E-state index in [1.807, 2.05) is 12.1 Å². The Morgan fingerprint density at radius 2 is 1.50 bits per heavy atom. The summed E-state index contributed by atoms with van der Waals surface area (Å²) in [5.41, 5.74) is 3.30. The molecule has 152 valence electrons. The van der Waals surface area contributed by atoms with Gasteiger partial charge in [0.25, 0.3) is 0 Å². The van der Waals surface area contributed by atoms with Crippen molar-refractivity contribution in [2.75, 3.05) is 26.6 Å². The molecule has 0 aliphatic carbocycles. The van der Waals surface area contributed by atoms with Crippen LogP contribution in [-0.2, 0) is 16.1 Å². The van der Waals surface area contributed by atoms with Crippen LogP contribution in [-0.4, -0.2) is 43.5 Å². The third-order valence-corrected chi connectivity index (χ3v) is 4.17. The van der Waals surface area contributed by atoms with Crippen molar-refractivity contribution >= 4 is 33.6 Å². The van der Waals surface area contributed by atoms with Gasteiger partial charge in [0, 0.05) is 16.7 Å². The summed E-state index contributed by atoms with van der Waals surface area (Å²) in [6.45, 7) is 2.71. The standard InChI is InChI=1S/C17H20BrNO3.C2H2O4/c1-11-5-6-14(13(18)7-11)19-10-12-8-15(20-2)17(22-4)16(9-12)21-3;3-1(4)2(5)6/h5-9,19H,10H2,1-4H3;(H,3,4)(H,5,6). The first-order valence-corrected chi connectivity index (χ1v) is 8.77. The number of aryl methyl sites for hydroxylation is 1. The number of methoxy groups -OCH3 is 3. The zero-order valence-electron chi connectivity index (χ0n) is 15.9. The molecule has 0 amide bonds. The van der Waals surface area contributed by atoms with Gasteiger partial charge in [-0.05, 0) is 58.2 Å². The Morgan fingerprint density at radius 1 is 0.964 bits per heavy atom. The average Bonchev–Trinajstić information content (AvgIpc) is 2.66. The molecule has 2 rings (SSSR count). The number of hydrogen-bond donors (Lipinski definition) is 3. The van der Waals surface area contributed by atoms with Gasteiger partial charge in [0.2, 0.25) is 5.75 Å². The first-order valence-electron chi connectivity index (χ1n) is 7.98. The van der Waals surface area contributed by atoms with Crippen LogP contribution in [0.5, 0.6) is 17.2 Å². The zero-order chi connectivity index (χ0) is 21.3. The molecule has 0 unspecified atom stereocenters. The largest absolute Gasteiger partial charge is 0.493 e. The minimum atomic E-state index is -1.82. The Balaban J connectivity index is 0.000000568. The van der Waals surface area contributed by atoms with Crippen molar-refractivity contribution in [2.45, 2.75) is 13.5 Å². The number of aliphatic carboxylic acids is 2. The van der Waals surface area contributed by atoms with Crippen LogP contribution < -0.4 is 19.5 Å². The molecule has 0 spiro atoms. The molecular weight excluding hydrogens is 434 g/mol. The smallest absolute Gasteiger partial charge is 0.414 e. The Labute approximate surface area is 171 Å². The molecule has 0 aliphatic heterocycles. The third-order valence-electron chi connectivity index (χ3n) is 3.52. The summed E-state index contributed by atoms with van der Waals surface area (Å²) in [5, 5.41) is 18.2. The van der Waals surface area contributed by atoms with Gasteiger partial charge < -0.3 is 29.7 Å². The van der Waals surface area contributed by atoms with Gasteiger partial charge in [-0.3, -0.25) is 0 Å². The highest BCUT2D eigenvalue weighted by Crippen LogP contribution is 2.38. The molecule has 0 saturated heterocycles. The highest BCUT2D eigenvalue weighted by atomic mass is 79.9. The number of carboxylic acid groups (broad SMARTS) is 2. The number of nitrogens with one attached hydrogen (secondary N) is 1. The van der Waals surface area contributed by atoms with Crippen molar-refractivity contribution in [3.8, 4) is 17.2 Å². The van der Waals surface area contributed by atoms with Crippen LogP contribution >= 0.6 is 15.9 Å². The fourth-order valence-electron chi connectivity index (χ4n) is 2.20. The van der Waals surface area contributed by atoms with Crippen LogP contribution in [0, 0.1) is 6.92 Å². The second-order valence-electron chi connectivity index (χ2n) is 5.48. The second kappa shape index (κ2) is 11.0. The Morgan fingerprint density at radius 3 is 1.89 bits per heavy atom. The number of benzene rings is 2. The second-order valence-corrected chi connectivity index (χ2v) is 6.34. The summed E-state index contributed by atoms with van der Waals surface area (Å²) < 4.78 is 17.1. The molecule has 0 aliphatic rings. The Bertz CT molecular complexity index is 802. The van der Waals surface area contributed by atoms with Gasteiger partial charge in [0.05, 0.1) is 21.3 Å². The van der Waals surface area contributed by atoms with E-state index in [2.05, 4.69) is 46.4 Å². The summed E-state index contributed by atoms with van der Waals surface area (Å²) in [4.78, 5) is 18.2. The predicted molar refractivity (Wildman–Crippen MR) is 108 cm³/mol. The highest BCUT2D eigenvalue weighted by molar-refractivity contribution is 9.10. The molecule has 3 N–H and O–H groups in total. The van der Waals surface area contributed by atoms with Crippen LogP contribution in [0.3, 0.4) is 0 Å². The van der Waals surface area contributed by atoms with E-state index < -0.39 is 11.9 Å². The van der Waals surface area contributed by atoms with E-state index in [1.54, 1.807) is 21.3 Å². The van der Waals surface area contributed by atoms with Gasteiger partial charge in [-0.25, -0.2) is 9.59 Å². The monoisotopic (exact) mass is 455 g/mol. The Hall–Kier alpha value is -2.94. The van der Waals surface area contributed by atoms with Crippen molar-refractivity contribution in [2.24, 2.45) is 0 Å². The lowest BCUT2D eigenvalue weighted by Crippen LogP contribution is -2.09. The number of ether oxygens (including phenoxy) is 3. The van der Waals surface area contributed by atoms with Crippen LogP contribution in [0.4, 0.5) is 5.69 Å². The normalized spacial score (nSPS) is 9.61. The average molecular weight is 456 g/mol. The van der Waals surface area contributed by atoms with Crippen LogP contribution in [0.2, 0.25) is 0 Å². The summed E-state index contributed by atoms with van der Waals surface area (Å²) in [6, 6.07) is 10.1. The fourth-order valence-corrected chi connectivity index (χ4v) is 2.83. The number of carboxylic acids is 2. The SMILES string of the molecule is COc1cc(CNc2ccc(C)cc2Br)cc(OC)c1OC.O=C(O)C(=O)O. The van der Waals surface area contributed by atoms with E-state index in [9.17, 15) is 0 Å². The molecule has 0 fully saturated rings. The molecule has 0 saturated carbocycles. The maximum Gasteiger partial charge on any atom is 0.414 e. The maximum absolute atomic E-state index is 9.10. The highest BCUT2D eigenvalue weighted by Gasteiger charge is 2.13. The van der Waals surface area contributed by atoms with Gasteiger partial charge in [0.1, 0.15) is 0 Å². The molecule has 2 aromatic rings. The predicted octanol–water partition coefficient (Wildman–Crippen LogP) is 3.55. The van der Waals surface area contributed by atoms with Gasteiger partial charge in [-0.1, -0.05) is 6.07 Å². The number of rotatable bonds is 6. The zero-order valence-corrected chi connectivity index (χ0v) is 17.5. The third kappa shape index (κ3) is 6.66. The van der Waals surface area contributed by atoms with Crippen molar-refractivity contribution in [1.29, 1.82) is 0 Å². The van der Waals surface area contributed by atoms with E-state index >= 15 is 0 Å². The first kappa shape index (κ1) is 23.1. The van der Waals surface area contributed by atoms with Gasteiger partial charge in [-0.2, -0.15) is 0 Å². The number of halogens is 1.